The van der Waals surface area contributed by atoms with Gasteiger partial charge in [-0.25, -0.2) is 9.78 Å². The fourth-order valence-electron chi connectivity index (χ4n) is 1.57. The second-order valence-electron chi connectivity index (χ2n) is 4.24. The molecule has 0 bridgehead atoms. The van der Waals surface area contributed by atoms with Crippen LogP contribution in [0.1, 0.15) is 31.0 Å². The monoisotopic (exact) mass is 293 g/mol. The first kappa shape index (κ1) is 16.3. The molecule has 1 aromatic rings. The molecular weight excluding hydrogens is 274 g/mol. The summed E-state index contributed by atoms with van der Waals surface area (Å²) in [5, 5.41) is 12.5. The van der Waals surface area contributed by atoms with Crippen LogP contribution in [0.3, 0.4) is 0 Å². The lowest BCUT2D eigenvalue weighted by atomic mass is 10.2. The fourth-order valence-corrected chi connectivity index (χ4v) is 2.70. The molecule has 108 valence electrons. The van der Waals surface area contributed by atoms with Gasteiger partial charge >= 0.3 is 6.09 Å². The van der Waals surface area contributed by atoms with Crippen LogP contribution >= 0.6 is 11.8 Å². The van der Waals surface area contributed by atoms with Gasteiger partial charge in [-0.2, -0.15) is 5.26 Å². The minimum absolute atomic E-state index is 0.265. The third-order valence-corrected chi connectivity index (χ3v) is 4.17. The molecule has 0 spiro atoms. The van der Waals surface area contributed by atoms with Crippen molar-refractivity contribution >= 4 is 17.9 Å². The number of hydrogen-bond donors (Lipinski definition) is 1. The highest BCUT2D eigenvalue weighted by molar-refractivity contribution is 7.99. The Bertz CT molecular complexity index is 500. The number of hydrogen-bond acceptors (Lipinski definition) is 5. The number of amides is 1. The quantitative estimate of drug-likeness (QED) is 0.816. The van der Waals surface area contributed by atoms with E-state index in [9.17, 15) is 4.79 Å². The van der Waals surface area contributed by atoms with Crippen molar-refractivity contribution in [2.24, 2.45) is 0 Å². The lowest BCUT2D eigenvalue weighted by Crippen LogP contribution is -2.21. The van der Waals surface area contributed by atoms with Crippen LogP contribution in [0.15, 0.2) is 17.2 Å². The molecule has 0 aliphatic heterocycles. The highest BCUT2D eigenvalue weighted by Crippen LogP contribution is 2.28. The molecule has 0 saturated carbocycles. The largest absolute Gasteiger partial charge is 0.450 e. The van der Waals surface area contributed by atoms with Gasteiger partial charge in [-0.1, -0.05) is 6.92 Å². The van der Waals surface area contributed by atoms with Crippen molar-refractivity contribution in [2.75, 3.05) is 13.7 Å². The van der Waals surface area contributed by atoms with Crippen molar-refractivity contribution in [1.82, 2.24) is 10.3 Å². The number of aromatic nitrogens is 1. The summed E-state index contributed by atoms with van der Waals surface area (Å²) in [4.78, 5) is 15.4. The predicted octanol–water partition coefficient (Wildman–Crippen LogP) is 2.88. The Labute approximate surface area is 123 Å². The molecule has 1 rings (SSSR count). The van der Waals surface area contributed by atoms with Gasteiger partial charge in [0.05, 0.1) is 12.2 Å². The van der Waals surface area contributed by atoms with Crippen molar-refractivity contribution in [3.8, 4) is 6.07 Å². The van der Waals surface area contributed by atoms with Gasteiger partial charge in [-0.05, 0) is 31.9 Å². The maximum Gasteiger partial charge on any atom is 0.406 e. The number of thioether (sulfide) groups is 1. The Balaban J connectivity index is 2.62. The Morgan fingerprint density at radius 3 is 2.95 bits per heavy atom. The van der Waals surface area contributed by atoms with E-state index >= 15 is 0 Å². The number of ether oxygens (including phenoxy) is 1. The average molecular weight is 293 g/mol. The number of aryl methyl sites for hydroxylation is 1. The van der Waals surface area contributed by atoms with Gasteiger partial charge in [0.2, 0.25) is 0 Å². The number of nitriles is 1. The van der Waals surface area contributed by atoms with E-state index < -0.39 is 6.09 Å². The molecule has 1 N–H and O–H groups in total. The molecule has 0 aromatic carbocycles. The number of pyridine rings is 1. The number of nitrogens with one attached hydrogen (secondary N) is 1. The molecule has 5 nitrogen and oxygen atoms in total. The Morgan fingerprint density at radius 1 is 1.60 bits per heavy atom. The second kappa shape index (κ2) is 8.43. The highest BCUT2D eigenvalue weighted by atomic mass is 32.2. The van der Waals surface area contributed by atoms with Crippen LogP contribution in [0, 0.1) is 18.3 Å². The molecular formula is C14H19N3O2S. The molecule has 20 heavy (non-hydrogen) atoms. The van der Waals surface area contributed by atoms with Crippen molar-refractivity contribution < 1.29 is 9.53 Å². The van der Waals surface area contributed by atoms with Gasteiger partial charge in [-0.15, -0.1) is 11.8 Å². The molecule has 0 fully saturated rings. The number of nitrogens with zero attached hydrogens (tertiary/aromatic N) is 2. The van der Waals surface area contributed by atoms with Crippen molar-refractivity contribution in [2.45, 2.75) is 37.0 Å². The Kier molecular flexibility index (Phi) is 6.88. The molecule has 0 aliphatic rings. The number of carbonyl (C=O) groups is 1. The van der Waals surface area contributed by atoms with E-state index in [-0.39, 0.29) is 5.25 Å². The van der Waals surface area contributed by atoms with Crippen molar-refractivity contribution in [3.05, 3.63) is 23.4 Å². The molecule has 1 atom stereocenters. The van der Waals surface area contributed by atoms with Gasteiger partial charge in [0.1, 0.15) is 11.1 Å². The summed E-state index contributed by atoms with van der Waals surface area (Å²) >= 11 is 1.57. The van der Waals surface area contributed by atoms with Crippen LogP contribution in [0.2, 0.25) is 0 Å². The number of carbonyl (C=O) groups excluding carboxylic acids is 1. The minimum Gasteiger partial charge on any atom is -0.450 e. The molecule has 1 aromatic heterocycles. The van der Waals surface area contributed by atoms with Crippen LogP contribution in [0.5, 0.6) is 0 Å². The second-order valence-corrected chi connectivity index (χ2v) is 5.53. The topological polar surface area (TPSA) is 75.0 Å². The van der Waals surface area contributed by atoms with Gasteiger partial charge in [0.15, 0.2) is 0 Å². The predicted molar refractivity (Wildman–Crippen MR) is 78.6 cm³/mol. The summed E-state index contributed by atoms with van der Waals surface area (Å²) in [6.07, 6.45) is 1.23. The third kappa shape index (κ3) is 5.10. The van der Waals surface area contributed by atoms with E-state index in [1.807, 2.05) is 13.0 Å². The van der Waals surface area contributed by atoms with E-state index in [1.54, 1.807) is 17.8 Å². The van der Waals surface area contributed by atoms with E-state index in [0.717, 1.165) is 23.6 Å². The SMILES string of the molecule is CCC(CCOC(=O)NC)Sc1nc(C)ccc1C#N. The smallest absolute Gasteiger partial charge is 0.406 e. The standard InChI is InChI=1S/C14H19N3O2S/c1-4-12(7-8-19-14(18)16-3)20-13-11(9-15)6-5-10(2)17-13/h5-6,12H,4,7-8H2,1-3H3,(H,16,18). The zero-order valence-corrected chi connectivity index (χ0v) is 12.8. The van der Waals surface area contributed by atoms with Gasteiger partial charge < -0.3 is 10.1 Å². The van der Waals surface area contributed by atoms with Crippen LogP contribution in [0.4, 0.5) is 4.79 Å². The summed E-state index contributed by atoms with van der Waals surface area (Å²) in [6.45, 7) is 4.33. The van der Waals surface area contributed by atoms with Gasteiger partial charge in [-0.3, -0.25) is 0 Å². The summed E-state index contributed by atoms with van der Waals surface area (Å²) in [7, 11) is 1.53. The molecule has 1 amide bonds. The summed E-state index contributed by atoms with van der Waals surface area (Å²) in [5.41, 5.74) is 1.48. The van der Waals surface area contributed by atoms with Crippen molar-refractivity contribution in [1.29, 1.82) is 5.26 Å². The number of alkyl carbamates (subject to hydrolysis) is 1. The lowest BCUT2D eigenvalue weighted by molar-refractivity contribution is 0.147. The normalized spacial score (nSPS) is 11.5. The van der Waals surface area contributed by atoms with Crippen LogP contribution in [0.25, 0.3) is 0 Å². The van der Waals surface area contributed by atoms with Gasteiger partial charge in [0, 0.05) is 18.0 Å². The van der Waals surface area contributed by atoms with Crippen LogP contribution in [-0.4, -0.2) is 30.0 Å². The maximum atomic E-state index is 11.0. The summed E-state index contributed by atoms with van der Waals surface area (Å²) < 4.78 is 4.99. The van der Waals surface area contributed by atoms with E-state index in [2.05, 4.69) is 23.3 Å². The zero-order chi connectivity index (χ0) is 15.0. The third-order valence-electron chi connectivity index (χ3n) is 2.73. The summed E-state index contributed by atoms with van der Waals surface area (Å²) in [6, 6.07) is 5.78. The molecule has 0 saturated heterocycles. The molecule has 0 radical (unpaired) electrons. The molecule has 1 unspecified atom stereocenters. The minimum atomic E-state index is -0.420. The first-order valence-corrected chi connectivity index (χ1v) is 7.37. The Hall–Kier alpha value is -1.74. The molecule has 1 heterocycles. The fraction of sp³-hybridized carbons (Fsp3) is 0.500. The average Bonchev–Trinajstić information content (AvgIpc) is 2.46. The Morgan fingerprint density at radius 2 is 2.35 bits per heavy atom. The highest BCUT2D eigenvalue weighted by Gasteiger charge is 2.13. The number of rotatable bonds is 6. The first-order chi connectivity index (χ1) is 9.60. The molecule has 0 aliphatic carbocycles. The first-order valence-electron chi connectivity index (χ1n) is 6.49. The van der Waals surface area contributed by atoms with E-state index in [1.165, 1.54) is 7.05 Å². The van der Waals surface area contributed by atoms with Crippen molar-refractivity contribution in [3.63, 3.8) is 0 Å². The lowest BCUT2D eigenvalue weighted by Gasteiger charge is -2.14. The van der Waals surface area contributed by atoms with E-state index in [4.69, 9.17) is 10.00 Å². The maximum absolute atomic E-state index is 11.0. The molecule has 6 heteroatoms. The zero-order valence-electron chi connectivity index (χ0n) is 12.0. The van der Waals surface area contributed by atoms with Crippen LogP contribution in [-0.2, 0) is 4.74 Å². The van der Waals surface area contributed by atoms with Gasteiger partial charge in [0.25, 0.3) is 0 Å². The van der Waals surface area contributed by atoms with Crippen LogP contribution < -0.4 is 5.32 Å². The van der Waals surface area contributed by atoms with E-state index in [0.29, 0.717) is 12.2 Å². The summed E-state index contributed by atoms with van der Waals surface area (Å²) in [5.74, 6) is 0.